The first kappa shape index (κ1) is 46.9. The van der Waals surface area contributed by atoms with E-state index in [1.165, 1.54) is 36.8 Å². The first-order chi connectivity index (χ1) is 32.7. The lowest BCUT2D eigenvalue weighted by Crippen LogP contribution is -2.59. The largest absolute Gasteiger partial charge is 0.461 e. The molecule has 8 atom stereocenters. The summed E-state index contributed by atoms with van der Waals surface area (Å²) in [6.07, 6.45) is 4.11. The molecule has 4 aromatic rings. The number of thiophene rings is 1. The van der Waals surface area contributed by atoms with Crippen molar-refractivity contribution in [2.24, 2.45) is 0 Å². The van der Waals surface area contributed by atoms with E-state index >= 15 is 4.39 Å². The Morgan fingerprint density at radius 3 is 2.28 bits per heavy atom. The van der Waals surface area contributed by atoms with Crippen LogP contribution >= 0.6 is 18.9 Å². The fourth-order valence-corrected chi connectivity index (χ4v) is 14.1. The van der Waals surface area contributed by atoms with Crippen LogP contribution in [0.5, 0.6) is 5.75 Å². The second-order valence-electron chi connectivity index (χ2n) is 20.1. The number of nitrogens with zero attached hydrogens (tertiary/aromatic N) is 3. The fourth-order valence-electron chi connectivity index (χ4n) is 11.3. The third-order valence-corrected chi connectivity index (χ3v) is 18.8. The number of hydrogen-bond donors (Lipinski definition) is 2. The van der Waals surface area contributed by atoms with Crippen LogP contribution in [-0.4, -0.2) is 112 Å². The number of amides is 3. The Kier molecular flexibility index (Phi) is 13.0. The molecule has 1 unspecified atom stereocenters. The molecule has 3 aromatic carbocycles. The summed E-state index contributed by atoms with van der Waals surface area (Å²) in [4.78, 5) is 63.3. The second kappa shape index (κ2) is 18.9. The molecule has 3 saturated heterocycles. The number of benzene rings is 3. The zero-order valence-electron chi connectivity index (χ0n) is 38.3. The first-order valence-corrected chi connectivity index (χ1v) is 26.7. The van der Waals surface area contributed by atoms with Crippen molar-refractivity contribution in [1.29, 1.82) is 0 Å². The van der Waals surface area contributed by atoms with Crippen molar-refractivity contribution in [3.63, 3.8) is 0 Å². The Hall–Kier alpha value is -4.76. The molecular formula is C51H59F3N5O7PS. The molecule has 6 aliphatic rings. The van der Waals surface area contributed by atoms with Crippen molar-refractivity contribution in [2.45, 2.75) is 156 Å². The van der Waals surface area contributed by atoms with E-state index in [0.29, 0.717) is 61.6 Å². The number of nitrogens with one attached hydrogen (secondary N) is 2. The lowest BCUT2D eigenvalue weighted by Gasteiger charge is -2.45. The monoisotopic (exact) mass is 973 g/mol. The van der Waals surface area contributed by atoms with Crippen molar-refractivity contribution >= 4 is 52.6 Å². The zero-order valence-corrected chi connectivity index (χ0v) is 40.0. The van der Waals surface area contributed by atoms with Crippen LogP contribution in [0.3, 0.4) is 0 Å². The van der Waals surface area contributed by atoms with Gasteiger partial charge in [0.25, 0.3) is 5.91 Å². The van der Waals surface area contributed by atoms with Gasteiger partial charge < -0.3 is 29.3 Å². The Balaban J connectivity index is 0.880. The van der Waals surface area contributed by atoms with E-state index in [0.717, 1.165) is 30.6 Å². The SMILES string of the molecule is C[C@H](NP(=O)(Oc1ccccc1)[C@H](F)c1ccc2sc(C(=O)N[C@H]3CC[C@H](N(C)C4CC(F)C4)C[C@H]4CC[C@@H](C(=O)N5C[C@H](c6ccccc6)CC56CC6)N4C3=O)cc2c1)C(=O)OC1CC(F)C1. The summed E-state index contributed by atoms with van der Waals surface area (Å²) in [6.45, 7) is 1.98. The summed E-state index contributed by atoms with van der Waals surface area (Å²) in [7, 11) is -2.55. The van der Waals surface area contributed by atoms with Crippen LogP contribution in [0, 0.1) is 0 Å². The Bertz CT molecular complexity index is 2580. The van der Waals surface area contributed by atoms with Crippen molar-refractivity contribution < 1.29 is 46.2 Å². The first-order valence-electron chi connectivity index (χ1n) is 24.2. The van der Waals surface area contributed by atoms with E-state index in [1.807, 2.05) is 25.2 Å². The van der Waals surface area contributed by atoms with Crippen molar-refractivity contribution in [3.05, 3.63) is 101 Å². The normalized spacial score (nSPS) is 30.3. The van der Waals surface area contributed by atoms with Gasteiger partial charge in [-0.1, -0.05) is 54.6 Å². The van der Waals surface area contributed by atoms with Gasteiger partial charge in [0.2, 0.25) is 17.7 Å². The third kappa shape index (κ3) is 9.34. The van der Waals surface area contributed by atoms with E-state index in [4.69, 9.17) is 9.26 Å². The molecule has 1 spiro atoms. The Morgan fingerprint density at radius 2 is 1.59 bits per heavy atom. The van der Waals surface area contributed by atoms with Gasteiger partial charge in [-0.15, -0.1) is 11.3 Å². The number of hydrogen-bond acceptors (Lipinski definition) is 9. The standard InChI is InChI=1S/C51H59F3N5O7PS/c1-30(50(63)65-41-25-36(53)26-41)56-67(64,66-40-11-7-4-8-12-40)46(54)32-13-18-44-33(21-32)22-45(68-44)47(60)55-42-16-14-37(57(2)39-23-35(52)24-39)27-38-15-17-43(59(38)48(42)61)49(62)58-29-34(28-51(58)19-20-51)31-9-5-3-6-10-31/h3-13,18,21-22,30,34-39,41-43,46H,14-17,19-20,23-29H2,1-2H3,(H,55,60)(H,56,64)/t30-,34+,35?,36?,37-,38+,39?,41?,42-,43-,46-,67?/m0/s1. The Labute approximate surface area is 398 Å². The number of carbonyl (C=O) groups is 4. The van der Waals surface area contributed by atoms with E-state index in [-0.39, 0.29) is 70.4 Å². The molecule has 3 aliphatic carbocycles. The van der Waals surface area contributed by atoms with Crippen LogP contribution in [0.25, 0.3) is 10.1 Å². The van der Waals surface area contributed by atoms with Gasteiger partial charge in [-0.05, 0) is 125 Å². The maximum Gasteiger partial charge on any atom is 0.355 e. The van der Waals surface area contributed by atoms with Gasteiger partial charge >= 0.3 is 13.5 Å². The molecule has 362 valence electrons. The summed E-state index contributed by atoms with van der Waals surface area (Å²) in [5.41, 5.74) is 0.992. The van der Waals surface area contributed by atoms with Crippen LogP contribution in [0.15, 0.2) is 84.9 Å². The highest BCUT2D eigenvalue weighted by Gasteiger charge is 2.59. The van der Waals surface area contributed by atoms with E-state index in [2.05, 4.69) is 32.3 Å². The number of carbonyl (C=O) groups excluding carboxylic acids is 4. The van der Waals surface area contributed by atoms with Gasteiger partial charge in [0, 0.05) is 53.7 Å². The molecule has 0 radical (unpaired) electrons. The summed E-state index contributed by atoms with van der Waals surface area (Å²) in [5, 5.41) is 6.10. The molecular weight excluding hydrogens is 915 g/mol. The molecule has 2 N–H and O–H groups in total. The zero-order chi connectivity index (χ0) is 47.5. The molecule has 4 heterocycles. The van der Waals surface area contributed by atoms with Crippen molar-refractivity contribution in [3.8, 4) is 5.75 Å². The van der Waals surface area contributed by atoms with Crippen LogP contribution in [0.2, 0.25) is 0 Å². The number of esters is 1. The number of rotatable bonds is 14. The van der Waals surface area contributed by atoms with Crippen molar-refractivity contribution in [1.82, 2.24) is 25.1 Å². The number of ether oxygens (including phenoxy) is 1. The predicted molar refractivity (Wildman–Crippen MR) is 253 cm³/mol. The van der Waals surface area contributed by atoms with Gasteiger partial charge in [0.05, 0.1) is 4.88 Å². The number of likely N-dealkylation sites (tertiary alicyclic amines) is 1. The average molecular weight is 974 g/mol. The predicted octanol–water partition coefficient (Wildman–Crippen LogP) is 9.15. The molecule has 10 rings (SSSR count). The van der Waals surface area contributed by atoms with Crippen LogP contribution in [0.1, 0.15) is 117 Å². The molecule has 3 saturated carbocycles. The number of fused-ring (bicyclic) bond motifs is 2. The molecule has 12 nitrogen and oxygen atoms in total. The summed E-state index contributed by atoms with van der Waals surface area (Å²) < 4.78 is 70.7. The minimum atomic E-state index is -4.57. The highest BCUT2D eigenvalue weighted by atomic mass is 32.1. The van der Waals surface area contributed by atoms with E-state index in [9.17, 15) is 32.5 Å². The lowest BCUT2D eigenvalue weighted by molar-refractivity contribution is -0.157. The van der Waals surface area contributed by atoms with Gasteiger partial charge in [0.1, 0.15) is 42.3 Å². The molecule has 3 amide bonds. The van der Waals surface area contributed by atoms with Gasteiger partial charge in [-0.2, -0.15) is 0 Å². The fraction of sp³-hybridized carbons (Fsp3) is 0.529. The number of halogens is 3. The van der Waals surface area contributed by atoms with E-state index < -0.39 is 61.9 Å². The molecule has 6 fully saturated rings. The summed E-state index contributed by atoms with van der Waals surface area (Å²) in [6, 6.07) is 21.5. The summed E-state index contributed by atoms with van der Waals surface area (Å²) >= 11 is 1.16. The lowest BCUT2D eigenvalue weighted by atomic mass is 9.86. The van der Waals surface area contributed by atoms with Crippen LogP contribution < -0.4 is 14.9 Å². The highest BCUT2D eigenvalue weighted by Crippen LogP contribution is 2.58. The van der Waals surface area contributed by atoms with Crippen LogP contribution in [0.4, 0.5) is 13.2 Å². The average Bonchev–Trinajstić information content (AvgIpc) is 3.59. The van der Waals surface area contributed by atoms with Crippen LogP contribution in [-0.2, 0) is 23.7 Å². The van der Waals surface area contributed by atoms with Crippen molar-refractivity contribution in [2.75, 3.05) is 13.6 Å². The number of para-hydroxylation sites is 1. The van der Waals surface area contributed by atoms with E-state index in [1.54, 1.807) is 35.2 Å². The quantitative estimate of drug-likeness (QED) is 0.0937. The molecule has 3 aliphatic heterocycles. The van der Waals surface area contributed by atoms with Gasteiger partial charge in [0.15, 0.2) is 0 Å². The molecule has 1 aromatic heterocycles. The smallest absolute Gasteiger partial charge is 0.355 e. The highest BCUT2D eigenvalue weighted by molar-refractivity contribution is 7.57. The van der Waals surface area contributed by atoms with Gasteiger partial charge in [-0.3, -0.25) is 23.7 Å². The molecule has 68 heavy (non-hydrogen) atoms. The molecule has 17 heteroatoms. The topological polar surface area (TPSA) is 138 Å². The second-order valence-corrected chi connectivity index (χ2v) is 23.3. The maximum absolute atomic E-state index is 16.8. The van der Waals surface area contributed by atoms with Gasteiger partial charge in [-0.25, -0.2) is 18.3 Å². The number of alkyl halides is 3. The maximum atomic E-state index is 16.8. The minimum absolute atomic E-state index is 0.0126. The third-order valence-electron chi connectivity index (χ3n) is 15.5. The summed E-state index contributed by atoms with van der Waals surface area (Å²) in [5.74, 6) is -3.55. The Morgan fingerprint density at radius 1 is 0.882 bits per heavy atom. The minimum Gasteiger partial charge on any atom is -0.461 e. The molecule has 0 bridgehead atoms.